The second-order valence-corrected chi connectivity index (χ2v) is 7.77. The van der Waals surface area contributed by atoms with Gasteiger partial charge in [-0.1, -0.05) is 30.3 Å². The van der Waals surface area contributed by atoms with Gasteiger partial charge in [-0.2, -0.15) is 0 Å². The van der Waals surface area contributed by atoms with E-state index in [0.29, 0.717) is 32.5 Å². The fourth-order valence-electron chi connectivity index (χ4n) is 2.64. The Morgan fingerprint density at radius 1 is 1.26 bits per heavy atom. The minimum atomic E-state index is -3.27. The summed E-state index contributed by atoms with van der Waals surface area (Å²) >= 11 is 0. The Hall–Kier alpha value is -1.44. The SMILES string of the molecule is COCCS(=O)(=O)N1CCC(C(=O)NCc2ccccc2)CC1. The maximum atomic E-state index is 12.2. The van der Waals surface area contributed by atoms with Crippen LogP contribution in [0.3, 0.4) is 0 Å². The summed E-state index contributed by atoms with van der Waals surface area (Å²) in [5.41, 5.74) is 1.06. The predicted molar refractivity (Wildman–Crippen MR) is 88.2 cm³/mol. The quantitative estimate of drug-likeness (QED) is 0.803. The van der Waals surface area contributed by atoms with Gasteiger partial charge in [0.25, 0.3) is 0 Å². The molecule has 0 spiro atoms. The molecular formula is C16H24N2O4S. The van der Waals surface area contributed by atoms with Crippen molar-refractivity contribution in [1.82, 2.24) is 9.62 Å². The average molecular weight is 340 g/mol. The van der Waals surface area contributed by atoms with Crippen LogP contribution in [-0.2, 0) is 26.1 Å². The number of hydrogen-bond donors (Lipinski definition) is 1. The lowest BCUT2D eigenvalue weighted by molar-refractivity contribution is -0.126. The highest BCUT2D eigenvalue weighted by atomic mass is 32.2. The summed E-state index contributed by atoms with van der Waals surface area (Å²) in [6, 6.07) is 9.73. The Kier molecular flexibility index (Phi) is 6.56. The van der Waals surface area contributed by atoms with Crippen molar-refractivity contribution in [2.24, 2.45) is 5.92 Å². The van der Waals surface area contributed by atoms with Gasteiger partial charge < -0.3 is 10.1 Å². The van der Waals surface area contributed by atoms with Crippen LogP contribution in [-0.4, -0.2) is 51.2 Å². The van der Waals surface area contributed by atoms with E-state index in [4.69, 9.17) is 4.74 Å². The second-order valence-electron chi connectivity index (χ2n) is 5.69. The third-order valence-corrected chi connectivity index (χ3v) is 5.91. The topological polar surface area (TPSA) is 75.7 Å². The summed E-state index contributed by atoms with van der Waals surface area (Å²) in [7, 11) is -1.79. The van der Waals surface area contributed by atoms with Gasteiger partial charge >= 0.3 is 0 Å². The summed E-state index contributed by atoms with van der Waals surface area (Å²) < 4.78 is 30.5. The zero-order valence-corrected chi connectivity index (χ0v) is 14.2. The van der Waals surface area contributed by atoms with E-state index in [1.54, 1.807) is 0 Å². The zero-order chi connectivity index (χ0) is 16.7. The third-order valence-electron chi connectivity index (χ3n) is 4.07. The highest BCUT2D eigenvalue weighted by molar-refractivity contribution is 7.89. The Bertz CT molecular complexity index is 596. The van der Waals surface area contributed by atoms with E-state index < -0.39 is 10.0 Å². The van der Waals surface area contributed by atoms with Crippen LogP contribution in [0.4, 0.5) is 0 Å². The molecule has 1 aromatic carbocycles. The van der Waals surface area contributed by atoms with Crippen molar-refractivity contribution in [3.8, 4) is 0 Å². The van der Waals surface area contributed by atoms with Gasteiger partial charge in [-0.15, -0.1) is 0 Å². The molecule has 23 heavy (non-hydrogen) atoms. The highest BCUT2D eigenvalue weighted by Crippen LogP contribution is 2.20. The molecule has 1 heterocycles. The fraction of sp³-hybridized carbons (Fsp3) is 0.562. The normalized spacial score (nSPS) is 17.1. The van der Waals surface area contributed by atoms with Gasteiger partial charge in [0.05, 0.1) is 12.4 Å². The van der Waals surface area contributed by atoms with E-state index >= 15 is 0 Å². The second kappa shape index (κ2) is 8.42. The summed E-state index contributed by atoms with van der Waals surface area (Å²) in [5.74, 6) is -0.121. The molecule has 0 aliphatic carbocycles. The number of carbonyl (C=O) groups excluding carboxylic acids is 1. The van der Waals surface area contributed by atoms with E-state index in [1.165, 1.54) is 11.4 Å². The molecule has 1 aliphatic heterocycles. The van der Waals surface area contributed by atoms with Crippen molar-refractivity contribution in [2.45, 2.75) is 19.4 Å². The van der Waals surface area contributed by atoms with Crippen molar-refractivity contribution >= 4 is 15.9 Å². The number of hydrogen-bond acceptors (Lipinski definition) is 4. The number of methoxy groups -OCH3 is 1. The highest BCUT2D eigenvalue weighted by Gasteiger charge is 2.30. The number of amides is 1. The predicted octanol–water partition coefficient (Wildman–Crippen LogP) is 0.991. The summed E-state index contributed by atoms with van der Waals surface area (Å²) in [6.45, 7) is 1.50. The minimum Gasteiger partial charge on any atom is -0.384 e. The van der Waals surface area contributed by atoms with Crippen molar-refractivity contribution in [3.63, 3.8) is 0 Å². The maximum absolute atomic E-state index is 12.2. The third kappa shape index (κ3) is 5.30. The van der Waals surface area contributed by atoms with Gasteiger partial charge in [-0.25, -0.2) is 12.7 Å². The molecule has 0 bridgehead atoms. The lowest BCUT2D eigenvalue weighted by atomic mass is 9.97. The van der Waals surface area contributed by atoms with E-state index in [9.17, 15) is 13.2 Å². The smallest absolute Gasteiger partial charge is 0.223 e. The van der Waals surface area contributed by atoms with Gasteiger partial charge in [0.1, 0.15) is 0 Å². The molecule has 0 unspecified atom stereocenters. The first kappa shape index (κ1) is 17.9. The molecule has 0 saturated carbocycles. The van der Waals surface area contributed by atoms with Crippen molar-refractivity contribution in [3.05, 3.63) is 35.9 Å². The molecule has 1 saturated heterocycles. The van der Waals surface area contributed by atoms with Crippen LogP contribution in [0.1, 0.15) is 18.4 Å². The monoisotopic (exact) mass is 340 g/mol. The van der Waals surface area contributed by atoms with Crippen LogP contribution in [0.5, 0.6) is 0 Å². The first-order valence-corrected chi connectivity index (χ1v) is 9.42. The molecule has 6 nitrogen and oxygen atoms in total. The van der Waals surface area contributed by atoms with Crippen molar-refractivity contribution in [1.29, 1.82) is 0 Å². The molecule has 1 fully saturated rings. The molecule has 1 amide bonds. The van der Waals surface area contributed by atoms with E-state index in [0.717, 1.165) is 5.56 Å². The average Bonchev–Trinajstić information content (AvgIpc) is 2.59. The van der Waals surface area contributed by atoms with Gasteiger partial charge in [0.2, 0.25) is 15.9 Å². The van der Waals surface area contributed by atoms with Gasteiger partial charge in [0.15, 0.2) is 0 Å². The first-order chi connectivity index (χ1) is 11.0. The number of carbonyl (C=O) groups is 1. The van der Waals surface area contributed by atoms with E-state index in [-0.39, 0.29) is 24.2 Å². The first-order valence-electron chi connectivity index (χ1n) is 7.81. The van der Waals surface area contributed by atoms with Crippen LogP contribution in [0, 0.1) is 5.92 Å². The minimum absolute atomic E-state index is 0.00259. The molecule has 0 aromatic heterocycles. The lowest BCUT2D eigenvalue weighted by Crippen LogP contribution is -2.44. The standard InChI is InChI=1S/C16H24N2O4S/c1-22-11-12-23(20,21)18-9-7-15(8-10-18)16(19)17-13-14-5-3-2-4-6-14/h2-6,15H,7-13H2,1H3,(H,17,19). The summed E-state index contributed by atoms with van der Waals surface area (Å²) in [5, 5.41) is 2.93. The van der Waals surface area contributed by atoms with E-state index in [2.05, 4.69) is 5.32 Å². The van der Waals surface area contributed by atoms with E-state index in [1.807, 2.05) is 30.3 Å². The van der Waals surface area contributed by atoms with Gasteiger partial charge in [-0.3, -0.25) is 4.79 Å². The molecule has 128 valence electrons. The Morgan fingerprint density at radius 3 is 2.52 bits per heavy atom. The Morgan fingerprint density at radius 2 is 1.91 bits per heavy atom. The number of piperidine rings is 1. The number of ether oxygens (including phenoxy) is 1. The molecule has 2 rings (SSSR count). The number of benzene rings is 1. The fourth-order valence-corrected chi connectivity index (χ4v) is 4.05. The number of sulfonamides is 1. The lowest BCUT2D eigenvalue weighted by Gasteiger charge is -2.30. The molecule has 1 aromatic rings. The molecule has 0 atom stereocenters. The van der Waals surface area contributed by atoms with Gasteiger partial charge in [0, 0.05) is 32.7 Å². The Labute approximate surface area is 137 Å². The van der Waals surface area contributed by atoms with Crippen LogP contribution < -0.4 is 5.32 Å². The molecule has 0 radical (unpaired) electrons. The summed E-state index contributed by atoms with van der Waals surface area (Å²) in [6.07, 6.45) is 1.12. The number of rotatable bonds is 7. The molecular weight excluding hydrogens is 316 g/mol. The Balaban J connectivity index is 1.78. The largest absolute Gasteiger partial charge is 0.384 e. The van der Waals surface area contributed by atoms with Gasteiger partial charge in [-0.05, 0) is 18.4 Å². The number of nitrogens with zero attached hydrogens (tertiary/aromatic N) is 1. The maximum Gasteiger partial charge on any atom is 0.223 e. The van der Waals surface area contributed by atoms with Crippen molar-refractivity contribution < 1.29 is 17.9 Å². The summed E-state index contributed by atoms with van der Waals surface area (Å²) in [4.78, 5) is 12.2. The van der Waals surface area contributed by atoms with Crippen LogP contribution in [0.15, 0.2) is 30.3 Å². The zero-order valence-electron chi connectivity index (χ0n) is 13.4. The number of nitrogens with one attached hydrogen (secondary N) is 1. The van der Waals surface area contributed by atoms with Crippen LogP contribution in [0.2, 0.25) is 0 Å². The van der Waals surface area contributed by atoms with Crippen LogP contribution >= 0.6 is 0 Å². The van der Waals surface area contributed by atoms with Crippen molar-refractivity contribution in [2.75, 3.05) is 32.6 Å². The molecule has 1 aliphatic rings. The van der Waals surface area contributed by atoms with Crippen LogP contribution in [0.25, 0.3) is 0 Å². The molecule has 7 heteroatoms. The molecule has 1 N–H and O–H groups in total.